The van der Waals surface area contributed by atoms with Gasteiger partial charge in [-0.15, -0.1) is 11.6 Å². The summed E-state index contributed by atoms with van der Waals surface area (Å²) in [5.74, 6) is 0. The molecule has 5 heteroatoms. The summed E-state index contributed by atoms with van der Waals surface area (Å²) in [4.78, 5) is 0. The van der Waals surface area contributed by atoms with Crippen LogP contribution in [-0.2, 0) is 0 Å². The molecular formula is C4H7Cl2N2P. The third-order valence-corrected chi connectivity index (χ3v) is 4.91. The van der Waals surface area contributed by atoms with Crippen LogP contribution in [0.25, 0.3) is 0 Å². The molecule has 0 aromatic rings. The lowest BCUT2D eigenvalue weighted by atomic mass is 10.5. The highest BCUT2D eigenvalue weighted by Gasteiger charge is 2.29. The maximum Gasteiger partial charge on any atom is 0.130 e. The van der Waals surface area contributed by atoms with Crippen LogP contribution in [0.2, 0.25) is 0 Å². The van der Waals surface area contributed by atoms with E-state index in [0.717, 1.165) is 5.71 Å². The summed E-state index contributed by atoms with van der Waals surface area (Å²) in [6.45, 7) is 1.89. The van der Waals surface area contributed by atoms with E-state index in [-0.39, 0.29) is 5.12 Å². The first kappa shape index (κ1) is 7.59. The van der Waals surface area contributed by atoms with Crippen molar-refractivity contribution in [3.8, 4) is 0 Å². The first-order valence-electron chi connectivity index (χ1n) is 2.50. The predicted molar refractivity (Wildman–Crippen MR) is 43.3 cm³/mol. The highest BCUT2D eigenvalue weighted by atomic mass is 35.7. The van der Waals surface area contributed by atoms with E-state index in [0.29, 0.717) is 0 Å². The molecule has 2 atom stereocenters. The Morgan fingerprint density at radius 2 is 2.33 bits per heavy atom. The van der Waals surface area contributed by atoms with E-state index < -0.39 is 7.43 Å². The summed E-state index contributed by atoms with van der Waals surface area (Å²) in [6, 6.07) is 0. The van der Waals surface area contributed by atoms with Crippen LogP contribution in [0.15, 0.2) is 5.10 Å². The molecule has 0 saturated carbocycles. The molecule has 1 rings (SSSR count). The zero-order valence-corrected chi connectivity index (χ0v) is 7.58. The van der Waals surface area contributed by atoms with Gasteiger partial charge in [-0.3, -0.25) is 4.78 Å². The topological polar surface area (TPSA) is 15.6 Å². The van der Waals surface area contributed by atoms with Crippen LogP contribution in [0.4, 0.5) is 0 Å². The quantitative estimate of drug-likeness (QED) is 0.418. The zero-order chi connectivity index (χ0) is 7.02. The van der Waals surface area contributed by atoms with Crippen molar-refractivity contribution in [3.63, 3.8) is 0 Å². The third-order valence-electron chi connectivity index (χ3n) is 1.11. The van der Waals surface area contributed by atoms with Gasteiger partial charge in [0.15, 0.2) is 0 Å². The van der Waals surface area contributed by atoms with Gasteiger partial charge >= 0.3 is 0 Å². The van der Waals surface area contributed by atoms with Crippen LogP contribution in [-0.4, -0.2) is 22.7 Å². The molecule has 0 N–H and O–H groups in total. The molecular weight excluding hydrogens is 178 g/mol. The van der Waals surface area contributed by atoms with Crippen molar-refractivity contribution in [2.45, 2.75) is 12.0 Å². The van der Waals surface area contributed by atoms with Crippen LogP contribution in [0.3, 0.4) is 0 Å². The van der Waals surface area contributed by atoms with Gasteiger partial charge in [-0.05, 0) is 6.92 Å². The SMILES string of the molecule is CC1=NN(C)P(Cl)C1Cl. The lowest BCUT2D eigenvalue weighted by molar-refractivity contribution is 0.614. The molecule has 0 radical (unpaired) electrons. The van der Waals surface area contributed by atoms with E-state index in [1.807, 2.05) is 14.0 Å². The van der Waals surface area contributed by atoms with E-state index in [4.69, 9.17) is 22.8 Å². The van der Waals surface area contributed by atoms with Crippen molar-refractivity contribution < 1.29 is 0 Å². The summed E-state index contributed by atoms with van der Waals surface area (Å²) < 4.78 is 1.73. The predicted octanol–water partition coefficient (Wildman–Crippen LogP) is 2.42. The molecule has 0 spiro atoms. The molecule has 1 aliphatic rings. The Morgan fingerprint density at radius 1 is 1.78 bits per heavy atom. The smallest absolute Gasteiger partial charge is 0.130 e. The van der Waals surface area contributed by atoms with Crippen LogP contribution < -0.4 is 0 Å². The highest BCUT2D eigenvalue weighted by molar-refractivity contribution is 7.84. The average molecular weight is 185 g/mol. The number of halogens is 2. The Kier molecular flexibility index (Phi) is 2.20. The van der Waals surface area contributed by atoms with Crippen molar-refractivity contribution in [1.29, 1.82) is 0 Å². The van der Waals surface area contributed by atoms with Crippen LogP contribution in [0, 0.1) is 0 Å². The van der Waals surface area contributed by atoms with Gasteiger partial charge in [-0.2, -0.15) is 5.10 Å². The number of alkyl halides is 1. The minimum absolute atomic E-state index is 0.0633. The molecule has 0 saturated heterocycles. The molecule has 0 aromatic carbocycles. The molecule has 0 aliphatic carbocycles. The second-order valence-electron chi connectivity index (χ2n) is 1.86. The van der Waals surface area contributed by atoms with Gasteiger partial charge in [0.2, 0.25) is 0 Å². The summed E-state index contributed by atoms with van der Waals surface area (Å²) in [7, 11) is 1.08. The lowest BCUT2D eigenvalue weighted by Gasteiger charge is -2.11. The Labute approximate surface area is 65.4 Å². The molecule has 1 heterocycles. The first-order chi connectivity index (χ1) is 4.13. The van der Waals surface area contributed by atoms with E-state index in [2.05, 4.69) is 5.10 Å². The summed E-state index contributed by atoms with van der Waals surface area (Å²) >= 11 is 11.7. The molecule has 0 fully saturated rings. The second-order valence-corrected chi connectivity index (χ2v) is 5.31. The van der Waals surface area contributed by atoms with E-state index in [1.165, 1.54) is 0 Å². The van der Waals surface area contributed by atoms with Crippen LogP contribution in [0.5, 0.6) is 0 Å². The summed E-state index contributed by atoms with van der Waals surface area (Å²) in [6.07, 6.45) is 0. The zero-order valence-electron chi connectivity index (χ0n) is 5.17. The Balaban J connectivity index is 2.70. The minimum Gasteiger partial charge on any atom is -0.262 e. The lowest BCUT2D eigenvalue weighted by Crippen LogP contribution is -2.00. The maximum absolute atomic E-state index is 5.85. The molecule has 0 aromatic heterocycles. The molecule has 2 unspecified atom stereocenters. The maximum atomic E-state index is 5.85. The van der Waals surface area contributed by atoms with E-state index >= 15 is 0 Å². The fraction of sp³-hybridized carbons (Fsp3) is 0.750. The number of hydrazone groups is 1. The van der Waals surface area contributed by atoms with Crippen molar-refractivity contribution in [3.05, 3.63) is 0 Å². The normalized spacial score (nSPS) is 35.1. The van der Waals surface area contributed by atoms with Gasteiger partial charge in [0, 0.05) is 7.05 Å². The van der Waals surface area contributed by atoms with Gasteiger partial charge in [-0.1, -0.05) is 11.2 Å². The number of hydrogen-bond acceptors (Lipinski definition) is 2. The molecule has 2 nitrogen and oxygen atoms in total. The van der Waals surface area contributed by atoms with Gasteiger partial charge in [0.25, 0.3) is 0 Å². The van der Waals surface area contributed by atoms with Gasteiger partial charge in [0.05, 0.1) is 5.71 Å². The van der Waals surface area contributed by atoms with Gasteiger partial charge in [0.1, 0.15) is 12.5 Å². The van der Waals surface area contributed by atoms with Crippen molar-refractivity contribution in [1.82, 2.24) is 4.78 Å². The standard InChI is InChI=1S/C4H7Cl2N2P/c1-3-4(5)9(6)8(2)7-3/h4H,1-2H3. The Bertz CT molecular complexity index is 150. The first-order valence-corrected chi connectivity index (χ1v) is 5.21. The van der Waals surface area contributed by atoms with Crippen LogP contribution in [0.1, 0.15) is 6.92 Å². The second kappa shape index (κ2) is 2.61. The molecule has 52 valence electrons. The number of nitrogens with zero attached hydrogens (tertiary/aromatic N) is 2. The molecule has 0 amide bonds. The summed E-state index contributed by atoms with van der Waals surface area (Å²) in [5.41, 5.74) is 0.917. The van der Waals surface area contributed by atoms with Crippen molar-refractivity contribution in [2.75, 3.05) is 7.05 Å². The molecule has 1 aliphatic heterocycles. The van der Waals surface area contributed by atoms with Crippen LogP contribution >= 0.6 is 30.3 Å². The van der Waals surface area contributed by atoms with E-state index in [9.17, 15) is 0 Å². The highest BCUT2D eigenvalue weighted by Crippen LogP contribution is 2.55. The van der Waals surface area contributed by atoms with E-state index in [1.54, 1.807) is 4.78 Å². The fourth-order valence-corrected chi connectivity index (χ4v) is 2.45. The Morgan fingerprint density at radius 3 is 2.44 bits per heavy atom. The number of hydrogen-bond donors (Lipinski definition) is 0. The van der Waals surface area contributed by atoms with Crippen molar-refractivity contribution in [2.24, 2.45) is 5.10 Å². The fourth-order valence-electron chi connectivity index (χ4n) is 0.620. The van der Waals surface area contributed by atoms with Gasteiger partial charge < -0.3 is 0 Å². The largest absolute Gasteiger partial charge is 0.262 e. The average Bonchev–Trinajstić information content (AvgIpc) is 1.98. The molecule has 9 heavy (non-hydrogen) atoms. The molecule has 0 bridgehead atoms. The van der Waals surface area contributed by atoms with Gasteiger partial charge in [-0.25, -0.2) is 0 Å². The Hall–Kier alpha value is 0.480. The van der Waals surface area contributed by atoms with Crippen molar-refractivity contribution >= 4 is 36.0 Å². The summed E-state index contributed by atoms with van der Waals surface area (Å²) in [5, 5.41) is 4.00. The minimum atomic E-state index is -0.760. The number of rotatable bonds is 0. The third kappa shape index (κ3) is 1.31. The monoisotopic (exact) mass is 184 g/mol.